The number of carbonyl (C=O) groups excluding carboxylic acids is 2. The summed E-state index contributed by atoms with van der Waals surface area (Å²) in [5, 5.41) is 9.67. The molecule has 3 aromatic rings. The van der Waals surface area contributed by atoms with Gasteiger partial charge in [-0.1, -0.05) is 35.5 Å². The first kappa shape index (κ1) is 25.0. The van der Waals surface area contributed by atoms with Crippen LogP contribution in [0.2, 0.25) is 5.02 Å². The van der Waals surface area contributed by atoms with Crippen molar-refractivity contribution in [2.24, 2.45) is 10.1 Å². The van der Waals surface area contributed by atoms with Crippen LogP contribution in [-0.4, -0.2) is 40.1 Å². The number of halogens is 2. The highest BCUT2D eigenvalue weighted by Crippen LogP contribution is 2.39. The van der Waals surface area contributed by atoms with Gasteiger partial charge in [0.15, 0.2) is 5.17 Å². The Morgan fingerprint density at radius 2 is 1.81 bits per heavy atom. The number of hydrazone groups is 1. The summed E-state index contributed by atoms with van der Waals surface area (Å²) >= 11 is 7.32. The van der Waals surface area contributed by atoms with E-state index in [0.29, 0.717) is 22.3 Å². The molecule has 2 unspecified atom stereocenters. The summed E-state index contributed by atoms with van der Waals surface area (Å²) < 4.78 is 18.4. The van der Waals surface area contributed by atoms with Gasteiger partial charge in [-0.3, -0.25) is 9.59 Å². The van der Waals surface area contributed by atoms with Crippen LogP contribution in [0.15, 0.2) is 82.9 Å². The molecule has 0 saturated heterocycles. The van der Waals surface area contributed by atoms with Crippen LogP contribution < -0.4 is 10.1 Å². The van der Waals surface area contributed by atoms with Gasteiger partial charge in [0.2, 0.25) is 5.91 Å². The standard InChI is InChI=1S/C27H22ClFN4O3S/c1-36-21-12-4-16(5-13-21)22-14-23(17-2-6-18(28)7-3-17)33(32-22)27-31-26(35)24(37-27)15-25(34)30-20-10-8-19(29)9-11-20/h2-13,23-24H,14-15H2,1H3,(H,30,34). The molecular weight excluding hydrogens is 515 g/mol. The van der Waals surface area contributed by atoms with E-state index >= 15 is 0 Å². The first-order chi connectivity index (χ1) is 17.9. The Bertz CT molecular complexity index is 1380. The summed E-state index contributed by atoms with van der Waals surface area (Å²) in [5.41, 5.74) is 3.22. The van der Waals surface area contributed by atoms with Crippen LogP contribution in [0.25, 0.3) is 0 Å². The van der Waals surface area contributed by atoms with E-state index in [9.17, 15) is 14.0 Å². The first-order valence-corrected chi connectivity index (χ1v) is 12.8. The lowest BCUT2D eigenvalue weighted by molar-refractivity contribution is -0.121. The van der Waals surface area contributed by atoms with Gasteiger partial charge >= 0.3 is 0 Å². The Hall–Kier alpha value is -3.69. The third-order valence-electron chi connectivity index (χ3n) is 6.01. The average Bonchev–Trinajstić information content (AvgIpc) is 3.50. The van der Waals surface area contributed by atoms with Gasteiger partial charge in [-0.25, -0.2) is 9.40 Å². The van der Waals surface area contributed by atoms with Crippen LogP contribution in [0.3, 0.4) is 0 Å². The van der Waals surface area contributed by atoms with E-state index in [2.05, 4.69) is 10.3 Å². The van der Waals surface area contributed by atoms with E-state index < -0.39 is 17.0 Å². The average molecular weight is 537 g/mol. The van der Waals surface area contributed by atoms with Gasteiger partial charge in [-0.2, -0.15) is 10.1 Å². The van der Waals surface area contributed by atoms with Gasteiger partial charge in [0, 0.05) is 23.6 Å². The smallest absolute Gasteiger partial charge is 0.262 e. The topological polar surface area (TPSA) is 83.4 Å². The number of hydrogen-bond acceptors (Lipinski definition) is 6. The second-order valence-electron chi connectivity index (χ2n) is 8.49. The predicted molar refractivity (Wildman–Crippen MR) is 144 cm³/mol. The number of methoxy groups -OCH3 is 1. The van der Waals surface area contributed by atoms with Gasteiger partial charge in [0.05, 0.1) is 18.9 Å². The second-order valence-corrected chi connectivity index (χ2v) is 10.1. The van der Waals surface area contributed by atoms with E-state index in [4.69, 9.17) is 21.4 Å². The molecule has 2 atom stereocenters. The quantitative estimate of drug-likeness (QED) is 0.439. The lowest BCUT2D eigenvalue weighted by Crippen LogP contribution is -2.25. The minimum Gasteiger partial charge on any atom is -0.497 e. The molecule has 2 amide bonds. The zero-order chi connectivity index (χ0) is 25.9. The molecule has 0 radical (unpaired) electrons. The van der Waals surface area contributed by atoms with Crippen LogP contribution in [-0.2, 0) is 9.59 Å². The fraction of sp³-hybridized carbons (Fsp3) is 0.185. The number of ether oxygens (including phenoxy) is 1. The predicted octanol–water partition coefficient (Wildman–Crippen LogP) is 5.67. The largest absolute Gasteiger partial charge is 0.497 e. The number of nitrogens with zero attached hydrogens (tertiary/aromatic N) is 3. The van der Waals surface area contributed by atoms with E-state index in [0.717, 1.165) is 22.6 Å². The molecule has 0 aliphatic carbocycles. The molecule has 0 bridgehead atoms. The normalized spacial score (nSPS) is 19.0. The number of nitrogens with one attached hydrogen (secondary N) is 1. The molecule has 2 heterocycles. The lowest BCUT2D eigenvalue weighted by Gasteiger charge is -2.23. The number of benzene rings is 3. The summed E-state index contributed by atoms with van der Waals surface area (Å²) in [4.78, 5) is 29.5. The number of amidine groups is 1. The summed E-state index contributed by atoms with van der Waals surface area (Å²) in [7, 11) is 1.61. The Morgan fingerprint density at radius 3 is 2.49 bits per heavy atom. The minimum atomic E-state index is -0.679. The molecule has 3 aromatic carbocycles. The van der Waals surface area contributed by atoms with Crippen molar-refractivity contribution < 1.29 is 18.7 Å². The van der Waals surface area contributed by atoms with Crippen molar-refractivity contribution in [2.45, 2.75) is 24.1 Å². The van der Waals surface area contributed by atoms with Gasteiger partial charge < -0.3 is 10.1 Å². The second kappa shape index (κ2) is 10.7. The number of amides is 2. The molecule has 1 N–H and O–H groups in total. The molecule has 0 fully saturated rings. The maximum Gasteiger partial charge on any atom is 0.262 e. The van der Waals surface area contributed by atoms with Crippen LogP contribution >= 0.6 is 23.4 Å². The third kappa shape index (κ3) is 5.68. The Labute approximate surface area is 222 Å². The molecule has 10 heteroatoms. The van der Waals surface area contributed by atoms with Crippen LogP contribution in [0.1, 0.15) is 30.0 Å². The zero-order valence-corrected chi connectivity index (χ0v) is 21.3. The number of aliphatic imine (C=N–C) groups is 1. The minimum absolute atomic E-state index is 0.0671. The number of anilines is 1. The number of carbonyl (C=O) groups is 2. The highest BCUT2D eigenvalue weighted by Gasteiger charge is 2.39. The molecule has 2 aliphatic heterocycles. The fourth-order valence-corrected chi connectivity index (χ4v) is 5.29. The summed E-state index contributed by atoms with van der Waals surface area (Å²) in [6.45, 7) is 0. The zero-order valence-electron chi connectivity index (χ0n) is 19.7. The number of hydrogen-bond donors (Lipinski definition) is 1. The lowest BCUT2D eigenvalue weighted by atomic mass is 9.98. The molecule has 5 rings (SSSR count). The Balaban J connectivity index is 1.35. The molecule has 0 spiro atoms. The molecule has 2 aliphatic rings. The third-order valence-corrected chi connectivity index (χ3v) is 7.41. The molecule has 7 nitrogen and oxygen atoms in total. The SMILES string of the molecule is COc1ccc(C2=NN(C3=NC(=O)C(CC(=O)Nc4ccc(F)cc4)S3)C(c3ccc(Cl)cc3)C2)cc1. The van der Waals surface area contributed by atoms with Crippen molar-refractivity contribution in [3.05, 3.63) is 94.8 Å². The number of rotatable bonds is 6. The maximum atomic E-state index is 13.1. The highest BCUT2D eigenvalue weighted by atomic mass is 35.5. The fourth-order valence-electron chi connectivity index (χ4n) is 4.11. The first-order valence-electron chi connectivity index (χ1n) is 11.5. The Morgan fingerprint density at radius 1 is 1.11 bits per heavy atom. The maximum absolute atomic E-state index is 13.1. The summed E-state index contributed by atoms with van der Waals surface area (Å²) in [6.07, 6.45) is 0.528. The van der Waals surface area contributed by atoms with Crippen LogP contribution in [0.4, 0.5) is 10.1 Å². The van der Waals surface area contributed by atoms with Crippen molar-refractivity contribution in [2.75, 3.05) is 12.4 Å². The van der Waals surface area contributed by atoms with Crippen LogP contribution in [0, 0.1) is 5.82 Å². The van der Waals surface area contributed by atoms with Crippen molar-refractivity contribution in [1.82, 2.24) is 5.01 Å². The van der Waals surface area contributed by atoms with Gasteiger partial charge in [0.1, 0.15) is 16.8 Å². The van der Waals surface area contributed by atoms with E-state index in [-0.39, 0.29) is 18.4 Å². The molecule has 0 saturated carbocycles. The molecule has 37 heavy (non-hydrogen) atoms. The summed E-state index contributed by atoms with van der Waals surface area (Å²) in [6, 6.07) is 20.4. The Kier molecular flexibility index (Phi) is 7.25. The van der Waals surface area contributed by atoms with E-state index in [1.54, 1.807) is 12.1 Å². The van der Waals surface area contributed by atoms with Gasteiger partial charge in [0.25, 0.3) is 5.91 Å². The molecule has 188 valence electrons. The molecule has 0 aromatic heterocycles. The van der Waals surface area contributed by atoms with Gasteiger partial charge in [-0.05, 0) is 71.8 Å². The summed E-state index contributed by atoms with van der Waals surface area (Å²) in [5.74, 6) is -0.395. The van der Waals surface area contributed by atoms with Crippen molar-refractivity contribution in [3.8, 4) is 5.75 Å². The highest BCUT2D eigenvalue weighted by molar-refractivity contribution is 8.15. The monoisotopic (exact) mass is 536 g/mol. The molecular formula is C27H22ClFN4O3S. The van der Waals surface area contributed by atoms with E-state index in [1.165, 1.54) is 36.0 Å². The van der Waals surface area contributed by atoms with Crippen molar-refractivity contribution in [3.63, 3.8) is 0 Å². The van der Waals surface area contributed by atoms with Gasteiger partial charge in [-0.15, -0.1) is 0 Å². The van der Waals surface area contributed by atoms with Crippen molar-refractivity contribution in [1.29, 1.82) is 0 Å². The van der Waals surface area contributed by atoms with Crippen molar-refractivity contribution >= 4 is 51.7 Å². The van der Waals surface area contributed by atoms with E-state index in [1.807, 2.05) is 48.5 Å². The number of thioether (sulfide) groups is 1. The van der Waals surface area contributed by atoms with Crippen LogP contribution in [0.5, 0.6) is 5.75 Å².